The molecule has 0 fully saturated rings. The molecule has 0 aliphatic rings. The van der Waals surface area contributed by atoms with E-state index in [1.54, 1.807) is 29.2 Å². The smallest absolute Gasteiger partial charge is 0.260 e. The minimum Gasteiger partial charge on any atom is -0.482 e. The van der Waals surface area contributed by atoms with E-state index in [1.165, 1.54) is 0 Å². The molecule has 0 radical (unpaired) electrons. The molecule has 0 spiro atoms. The number of benzene rings is 1. The van der Waals surface area contributed by atoms with Crippen LogP contribution in [-0.4, -0.2) is 42.2 Å². The predicted octanol–water partition coefficient (Wildman–Crippen LogP) is 2.34. The van der Waals surface area contributed by atoms with E-state index < -0.39 is 0 Å². The normalized spacial score (nSPS) is 10.3. The fourth-order valence-electron chi connectivity index (χ4n) is 1.62. The molecule has 0 saturated heterocycles. The first-order valence-corrected chi connectivity index (χ1v) is 6.82. The lowest BCUT2D eigenvalue weighted by Gasteiger charge is -2.21. The summed E-state index contributed by atoms with van der Waals surface area (Å²) in [6.07, 6.45) is 1.92. The molecule has 4 nitrogen and oxygen atoms in total. The van der Waals surface area contributed by atoms with Gasteiger partial charge in [-0.3, -0.25) is 4.79 Å². The van der Waals surface area contributed by atoms with Crippen LogP contribution < -0.4 is 4.74 Å². The molecule has 0 aliphatic heterocycles. The number of aliphatic hydroxyl groups is 1. The Morgan fingerprint density at radius 1 is 1.37 bits per heavy atom. The highest BCUT2D eigenvalue weighted by Crippen LogP contribution is 2.22. The topological polar surface area (TPSA) is 49.8 Å². The van der Waals surface area contributed by atoms with Crippen LogP contribution in [0.15, 0.2) is 24.3 Å². The molecule has 0 atom stereocenters. The first kappa shape index (κ1) is 15.8. The van der Waals surface area contributed by atoms with Gasteiger partial charge in [0.1, 0.15) is 5.75 Å². The predicted molar refractivity (Wildman–Crippen MR) is 75.5 cm³/mol. The monoisotopic (exact) mass is 285 g/mol. The van der Waals surface area contributed by atoms with Gasteiger partial charge in [-0.25, -0.2) is 0 Å². The van der Waals surface area contributed by atoms with Crippen molar-refractivity contribution in [3.05, 3.63) is 29.3 Å². The number of amides is 1. The molecule has 0 aliphatic carbocycles. The second-order valence-corrected chi connectivity index (χ2v) is 4.58. The SMILES string of the molecule is CCCCN(CCO)C(=O)COc1ccccc1Cl. The van der Waals surface area contributed by atoms with Gasteiger partial charge in [0.05, 0.1) is 11.6 Å². The lowest BCUT2D eigenvalue weighted by Crippen LogP contribution is -2.37. The van der Waals surface area contributed by atoms with Crippen molar-refractivity contribution in [2.45, 2.75) is 19.8 Å². The average molecular weight is 286 g/mol. The summed E-state index contributed by atoms with van der Waals surface area (Å²) < 4.78 is 5.40. The fraction of sp³-hybridized carbons (Fsp3) is 0.500. The number of ether oxygens (including phenoxy) is 1. The van der Waals surface area contributed by atoms with Crippen LogP contribution >= 0.6 is 11.6 Å². The molecule has 19 heavy (non-hydrogen) atoms. The number of para-hydroxylation sites is 1. The molecule has 0 aromatic heterocycles. The van der Waals surface area contributed by atoms with Crippen molar-refractivity contribution in [1.29, 1.82) is 0 Å². The van der Waals surface area contributed by atoms with E-state index in [0.29, 0.717) is 23.9 Å². The Balaban J connectivity index is 2.50. The molecular formula is C14H20ClNO3. The summed E-state index contributed by atoms with van der Waals surface area (Å²) in [4.78, 5) is 13.6. The van der Waals surface area contributed by atoms with E-state index in [4.69, 9.17) is 21.4 Å². The maximum atomic E-state index is 12.0. The lowest BCUT2D eigenvalue weighted by atomic mass is 10.3. The van der Waals surface area contributed by atoms with Crippen LogP contribution in [-0.2, 0) is 4.79 Å². The number of carbonyl (C=O) groups is 1. The maximum absolute atomic E-state index is 12.0. The summed E-state index contributed by atoms with van der Waals surface area (Å²) in [6.45, 7) is 2.93. The van der Waals surface area contributed by atoms with Gasteiger partial charge in [0.25, 0.3) is 5.91 Å². The molecule has 1 rings (SSSR count). The summed E-state index contributed by atoms with van der Waals surface area (Å²) in [5.41, 5.74) is 0. The minimum absolute atomic E-state index is 0.0401. The van der Waals surface area contributed by atoms with Crippen LogP contribution in [0.25, 0.3) is 0 Å². The van der Waals surface area contributed by atoms with Crippen molar-refractivity contribution in [1.82, 2.24) is 4.90 Å². The molecule has 1 aromatic rings. The third kappa shape index (κ3) is 5.49. The Bertz CT molecular complexity index is 398. The van der Waals surface area contributed by atoms with E-state index in [-0.39, 0.29) is 19.1 Å². The van der Waals surface area contributed by atoms with E-state index >= 15 is 0 Å². The summed E-state index contributed by atoms with van der Waals surface area (Å²) in [5, 5.41) is 9.44. The Morgan fingerprint density at radius 2 is 2.11 bits per heavy atom. The van der Waals surface area contributed by atoms with Gasteiger partial charge >= 0.3 is 0 Å². The van der Waals surface area contributed by atoms with Gasteiger partial charge in [0.2, 0.25) is 0 Å². The first-order chi connectivity index (χ1) is 9.19. The number of hydrogen-bond acceptors (Lipinski definition) is 3. The van der Waals surface area contributed by atoms with Gasteiger partial charge in [0, 0.05) is 13.1 Å². The molecule has 0 unspecified atom stereocenters. The van der Waals surface area contributed by atoms with Crippen molar-refractivity contribution in [3.8, 4) is 5.75 Å². The van der Waals surface area contributed by atoms with Crippen LogP contribution in [0.2, 0.25) is 5.02 Å². The van der Waals surface area contributed by atoms with Crippen LogP contribution in [0.4, 0.5) is 0 Å². The molecule has 0 saturated carbocycles. The van der Waals surface area contributed by atoms with Crippen LogP contribution in [0, 0.1) is 0 Å². The number of carbonyl (C=O) groups excluding carboxylic acids is 1. The largest absolute Gasteiger partial charge is 0.482 e. The van der Waals surface area contributed by atoms with Crippen molar-refractivity contribution in [3.63, 3.8) is 0 Å². The molecule has 5 heteroatoms. The molecule has 0 heterocycles. The third-order valence-electron chi connectivity index (χ3n) is 2.69. The number of aliphatic hydroxyl groups excluding tert-OH is 1. The molecule has 106 valence electrons. The van der Waals surface area contributed by atoms with Crippen molar-refractivity contribution < 1.29 is 14.6 Å². The van der Waals surface area contributed by atoms with Gasteiger partial charge in [0.15, 0.2) is 6.61 Å². The number of halogens is 1. The second kappa shape index (κ2) is 8.77. The number of rotatable bonds is 8. The molecule has 1 aromatic carbocycles. The van der Waals surface area contributed by atoms with Crippen LogP contribution in [0.3, 0.4) is 0 Å². The number of hydrogen-bond donors (Lipinski definition) is 1. The average Bonchev–Trinajstić information content (AvgIpc) is 2.42. The standard InChI is InChI=1S/C14H20ClNO3/c1-2-3-8-16(9-10-17)14(18)11-19-13-7-5-4-6-12(13)15/h4-7,17H,2-3,8-11H2,1H3. The maximum Gasteiger partial charge on any atom is 0.260 e. The molecule has 0 bridgehead atoms. The second-order valence-electron chi connectivity index (χ2n) is 4.18. The number of unbranched alkanes of at least 4 members (excludes halogenated alkanes) is 1. The summed E-state index contributed by atoms with van der Waals surface area (Å²) in [7, 11) is 0. The zero-order valence-corrected chi connectivity index (χ0v) is 11.9. The zero-order valence-electron chi connectivity index (χ0n) is 11.1. The molecular weight excluding hydrogens is 266 g/mol. The zero-order chi connectivity index (χ0) is 14.1. The van der Waals surface area contributed by atoms with E-state index in [9.17, 15) is 4.79 Å². The Hall–Kier alpha value is -1.26. The van der Waals surface area contributed by atoms with Gasteiger partial charge in [-0.05, 0) is 18.6 Å². The Kier molecular flexibility index (Phi) is 7.30. The lowest BCUT2D eigenvalue weighted by molar-refractivity contribution is -0.134. The fourth-order valence-corrected chi connectivity index (χ4v) is 1.81. The highest BCUT2D eigenvalue weighted by Gasteiger charge is 2.13. The van der Waals surface area contributed by atoms with E-state index in [1.807, 2.05) is 0 Å². The van der Waals surface area contributed by atoms with Gasteiger partial charge in [-0.1, -0.05) is 37.1 Å². The van der Waals surface area contributed by atoms with Gasteiger partial charge in [-0.15, -0.1) is 0 Å². The molecule has 1 amide bonds. The summed E-state index contributed by atoms with van der Waals surface area (Å²) in [5.74, 6) is 0.361. The van der Waals surface area contributed by atoms with Crippen LogP contribution in [0.1, 0.15) is 19.8 Å². The summed E-state index contributed by atoms with van der Waals surface area (Å²) >= 11 is 5.94. The number of nitrogens with zero attached hydrogens (tertiary/aromatic N) is 1. The van der Waals surface area contributed by atoms with E-state index in [0.717, 1.165) is 12.8 Å². The van der Waals surface area contributed by atoms with Crippen molar-refractivity contribution in [2.75, 3.05) is 26.3 Å². The van der Waals surface area contributed by atoms with Crippen molar-refractivity contribution in [2.24, 2.45) is 0 Å². The highest BCUT2D eigenvalue weighted by molar-refractivity contribution is 6.32. The van der Waals surface area contributed by atoms with E-state index in [2.05, 4.69) is 6.92 Å². The highest BCUT2D eigenvalue weighted by atomic mass is 35.5. The third-order valence-corrected chi connectivity index (χ3v) is 3.00. The van der Waals surface area contributed by atoms with Crippen LogP contribution in [0.5, 0.6) is 5.75 Å². The Morgan fingerprint density at radius 3 is 2.74 bits per heavy atom. The minimum atomic E-state index is -0.137. The summed E-state index contributed by atoms with van der Waals surface area (Å²) in [6, 6.07) is 7.03. The van der Waals surface area contributed by atoms with Gasteiger partial charge < -0.3 is 14.7 Å². The Labute approximate surface area is 118 Å². The first-order valence-electron chi connectivity index (χ1n) is 6.45. The van der Waals surface area contributed by atoms with Crippen molar-refractivity contribution >= 4 is 17.5 Å². The van der Waals surface area contributed by atoms with Gasteiger partial charge in [-0.2, -0.15) is 0 Å². The quantitative estimate of drug-likeness (QED) is 0.797. The molecule has 1 N–H and O–H groups in total.